The lowest BCUT2D eigenvalue weighted by Crippen LogP contribution is -2.52. The zero-order valence-corrected chi connectivity index (χ0v) is 12.8. The summed E-state index contributed by atoms with van der Waals surface area (Å²) < 4.78 is 10.6. The molecule has 0 aromatic carbocycles. The van der Waals surface area contributed by atoms with Crippen molar-refractivity contribution in [1.29, 1.82) is 0 Å². The highest BCUT2D eigenvalue weighted by molar-refractivity contribution is 5.69. The third kappa shape index (κ3) is 5.78. The van der Waals surface area contributed by atoms with Gasteiger partial charge in [0.2, 0.25) is 0 Å². The summed E-state index contributed by atoms with van der Waals surface area (Å²) in [5.74, 6) is 0. The first kappa shape index (κ1) is 16.2. The summed E-state index contributed by atoms with van der Waals surface area (Å²) >= 11 is 0. The van der Waals surface area contributed by atoms with Crippen LogP contribution in [0.4, 0.5) is 4.79 Å². The SMILES string of the molecule is CCOCCN[C@H](C)C1(NC(=O)OC(C)(C)C)CC1. The molecule has 1 atom stereocenters. The molecule has 0 aliphatic heterocycles. The molecule has 0 aromatic rings. The number of hydrogen-bond donors (Lipinski definition) is 2. The number of nitrogens with one attached hydrogen (secondary N) is 2. The Labute approximate surface area is 116 Å². The molecule has 0 spiro atoms. The average molecular weight is 272 g/mol. The van der Waals surface area contributed by atoms with Crippen molar-refractivity contribution in [2.45, 2.75) is 64.6 Å². The molecule has 0 unspecified atom stereocenters. The Morgan fingerprint density at radius 3 is 2.47 bits per heavy atom. The topological polar surface area (TPSA) is 59.6 Å². The molecule has 1 fully saturated rings. The van der Waals surface area contributed by atoms with Crippen LogP contribution in [-0.2, 0) is 9.47 Å². The van der Waals surface area contributed by atoms with Crippen molar-refractivity contribution < 1.29 is 14.3 Å². The summed E-state index contributed by atoms with van der Waals surface area (Å²) in [4.78, 5) is 11.8. The molecule has 1 rings (SSSR count). The number of carbonyl (C=O) groups excluding carboxylic acids is 1. The van der Waals surface area contributed by atoms with Gasteiger partial charge in [0.05, 0.1) is 12.1 Å². The second kappa shape index (κ2) is 6.57. The molecule has 1 aliphatic carbocycles. The van der Waals surface area contributed by atoms with Gasteiger partial charge in [-0.1, -0.05) is 0 Å². The molecule has 19 heavy (non-hydrogen) atoms. The van der Waals surface area contributed by atoms with Crippen LogP contribution in [0.2, 0.25) is 0 Å². The minimum atomic E-state index is -0.453. The molecule has 1 aliphatic rings. The first-order chi connectivity index (χ1) is 8.79. The summed E-state index contributed by atoms with van der Waals surface area (Å²) in [6, 6.07) is 0.223. The zero-order chi connectivity index (χ0) is 14.5. The van der Waals surface area contributed by atoms with Gasteiger partial charge in [0, 0.05) is 19.2 Å². The van der Waals surface area contributed by atoms with Crippen molar-refractivity contribution in [3.05, 3.63) is 0 Å². The molecule has 0 radical (unpaired) electrons. The highest BCUT2D eigenvalue weighted by Crippen LogP contribution is 2.38. The number of ether oxygens (including phenoxy) is 2. The Bertz CT molecular complexity index is 296. The van der Waals surface area contributed by atoms with E-state index in [1.165, 1.54) is 0 Å². The summed E-state index contributed by atoms with van der Waals surface area (Å²) in [5, 5.41) is 6.39. The van der Waals surface area contributed by atoms with E-state index in [0.29, 0.717) is 6.61 Å². The number of amides is 1. The predicted octanol–water partition coefficient (Wildman–Crippen LogP) is 2.06. The van der Waals surface area contributed by atoms with E-state index in [2.05, 4.69) is 17.6 Å². The Morgan fingerprint density at radius 1 is 1.37 bits per heavy atom. The van der Waals surface area contributed by atoms with Crippen LogP contribution in [-0.4, -0.2) is 43.0 Å². The van der Waals surface area contributed by atoms with Gasteiger partial charge in [-0.05, 0) is 47.5 Å². The Hall–Kier alpha value is -0.810. The first-order valence-corrected chi connectivity index (χ1v) is 7.11. The van der Waals surface area contributed by atoms with Gasteiger partial charge in [0.1, 0.15) is 5.60 Å². The van der Waals surface area contributed by atoms with Crippen molar-refractivity contribution >= 4 is 6.09 Å². The van der Waals surface area contributed by atoms with E-state index in [9.17, 15) is 4.79 Å². The van der Waals surface area contributed by atoms with Crippen LogP contribution in [0.5, 0.6) is 0 Å². The van der Waals surface area contributed by atoms with Gasteiger partial charge in [-0.25, -0.2) is 4.79 Å². The molecule has 0 aromatic heterocycles. The molecule has 112 valence electrons. The van der Waals surface area contributed by atoms with E-state index < -0.39 is 5.60 Å². The van der Waals surface area contributed by atoms with Gasteiger partial charge in [0.25, 0.3) is 0 Å². The van der Waals surface area contributed by atoms with E-state index >= 15 is 0 Å². The van der Waals surface area contributed by atoms with Gasteiger partial charge in [-0.15, -0.1) is 0 Å². The maximum absolute atomic E-state index is 11.8. The third-order valence-electron chi connectivity index (χ3n) is 3.27. The molecule has 0 saturated heterocycles. The normalized spacial score (nSPS) is 18.8. The van der Waals surface area contributed by atoms with Crippen LogP contribution in [0.15, 0.2) is 0 Å². The van der Waals surface area contributed by atoms with Crippen molar-refractivity contribution in [1.82, 2.24) is 10.6 Å². The van der Waals surface area contributed by atoms with E-state index in [4.69, 9.17) is 9.47 Å². The summed E-state index contributed by atoms with van der Waals surface area (Å²) in [6.07, 6.45) is 1.66. The number of rotatable bonds is 7. The fraction of sp³-hybridized carbons (Fsp3) is 0.929. The minimum absolute atomic E-state index is 0.144. The molecule has 0 heterocycles. The van der Waals surface area contributed by atoms with Crippen molar-refractivity contribution in [2.75, 3.05) is 19.8 Å². The third-order valence-corrected chi connectivity index (χ3v) is 3.27. The molecular formula is C14H28N2O3. The maximum Gasteiger partial charge on any atom is 0.408 e. The van der Waals surface area contributed by atoms with Gasteiger partial charge in [-0.2, -0.15) is 0 Å². The van der Waals surface area contributed by atoms with Crippen molar-refractivity contribution in [3.63, 3.8) is 0 Å². The van der Waals surface area contributed by atoms with E-state index in [1.54, 1.807) is 0 Å². The van der Waals surface area contributed by atoms with Crippen molar-refractivity contribution in [2.24, 2.45) is 0 Å². The Kier molecular flexibility index (Phi) is 5.62. The number of hydrogen-bond acceptors (Lipinski definition) is 4. The second-order valence-electron chi connectivity index (χ2n) is 6.16. The Balaban J connectivity index is 2.33. The van der Waals surface area contributed by atoms with Crippen LogP contribution >= 0.6 is 0 Å². The largest absolute Gasteiger partial charge is 0.444 e. The van der Waals surface area contributed by atoms with E-state index in [-0.39, 0.29) is 17.7 Å². The second-order valence-corrected chi connectivity index (χ2v) is 6.16. The maximum atomic E-state index is 11.8. The lowest BCUT2D eigenvalue weighted by atomic mass is 10.1. The molecule has 2 N–H and O–H groups in total. The smallest absolute Gasteiger partial charge is 0.408 e. The molecule has 0 bridgehead atoms. The highest BCUT2D eigenvalue weighted by atomic mass is 16.6. The van der Waals surface area contributed by atoms with Gasteiger partial charge < -0.3 is 20.1 Å². The molecule has 1 amide bonds. The molecule has 5 nitrogen and oxygen atoms in total. The summed E-state index contributed by atoms with van der Waals surface area (Å²) in [6.45, 7) is 11.9. The Morgan fingerprint density at radius 2 is 2.00 bits per heavy atom. The van der Waals surface area contributed by atoms with Crippen LogP contribution in [0, 0.1) is 0 Å². The number of alkyl carbamates (subject to hydrolysis) is 1. The lowest BCUT2D eigenvalue weighted by molar-refractivity contribution is 0.0483. The highest BCUT2D eigenvalue weighted by Gasteiger charge is 2.49. The van der Waals surface area contributed by atoms with E-state index in [0.717, 1.165) is 26.0 Å². The van der Waals surface area contributed by atoms with Gasteiger partial charge in [0.15, 0.2) is 0 Å². The summed E-state index contributed by atoms with van der Waals surface area (Å²) in [7, 11) is 0. The minimum Gasteiger partial charge on any atom is -0.444 e. The quantitative estimate of drug-likeness (QED) is 0.696. The first-order valence-electron chi connectivity index (χ1n) is 7.11. The monoisotopic (exact) mass is 272 g/mol. The lowest BCUT2D eigenvalue weighted by Gasteiger charge is -2.28. The fourth-order valence-electron chi connectivity index (χ4n) is 2.00. The standard InChI is InChI=1S/C14H28N2O3/c1-6-18-10-9-15-11(2)14(7-8-14)16-12(17)19-13(3,4)5/h11,15H,6-10H2,1-5H3,(H,16,17)/t11-/m1/s1. The van der Waals surface area contributed by atoms with Crippen LogP contribution in [0.1, 0.15) is 47.5 Å². The summed E-state index contributed by atoms with van der Waals surface area (Å²) in [5.41, 5.74) is -0.597. The fourth-order valence-corrected chi connectivity index (χ4v) is 2.00. The average Bonchev–Trinajstić information content (AvgIpc) is 3.02. The van der Waals surface area contributed by atoms with Gasteiger partial charge >= 0.3 is 6.09 Å². The predicted molar refractivity (Wildman–Crippen MR) is 75.3 cm³/mol. The zero-order valence-electron chi connectivity index (χ0n) is 12.8. The molecule has 5 heteroatoms. The van der Waals surface area contributed by atoms with Crippen molar-refractivity contribution in [3.8, 4) is 0 Å². The van der Waals surface area contributed by atoms with Gasteiger partial charge in [-0.3, -0.25) is 0 Å². The van der Waals surface area contributed by atoms with E-state index in [1.807, 2.05) is 27.7 Å². The molecular weight excluding hydrogens is 244 g/mol. The van der Waals surface area contributed by atoms with Crippen LogP contribution in [0.3, 0.4) is 0 Å². The molecule has 1 saturated carbocycles. The van der Waals surface area contributed by atoms with Crippen LogP contribution in [0.25, 0.3) is 0 Å². The van der Waals surface area contributed by atoms with Crippen LogP contribution < -0.4 is 10.6 Å². The number of carbonyl (C=O) groups is 1.